The molecular formula is C18H34N4O4. The van der Waals surface area contributed by atoms with Gasteiger partial charge in [0.1, 0.15) is 11.6 Å². The van der Waals surface area contributed by atoms with Crippen LogP contribution in [-0.4, -0.2) is 47.0 Å². The van der Waals surface area contributed by atoms with Gasteiger partial charge in [0, 0.05) is 6.04 Å². The van der Waals surface area contributed by atoms with Gasteiger partial charge in [0.2, 0.25) is 11.8 Å². The van der Waals surface area contributed by atoms with E-state index in [1.54, 1.807) is 20.8 Å². The summed E-state index contributed by atoms with van der Waals surface area (Å²) in [4.78, 5) is 38.4. The number of carbonyl (C=O) groups is 3. The monoisotopic (exact) mass is 370 g/mol. The zero-order valence-electron chi connectivity index (χ0n) is 16.2. The number of ether oxygens (including phenoxy) is 1. The second-order valence-electron chi connectivity index (χ2n) is 7.95. The number of rotatable bonds is 8. The molecule has 3 amide bonds. The molecule has 1 saturated carbocycles. The van der Waals surface area contributed by atoms with Crippen LogP contribution in [0.3, 0.4) is 0 Å². The highest BCUT2D eigenvalue weighted by Crippen LogP contribution is 2.32. The molecule has 0 heterocycles. The van der Waals surface area contributed by atoms with Gasteiger partial charge in [0.15, 0.2) is 0 Å². The zero-order valence-corrected chi connectivity index (χ0v) is 16.2. The van der Waals surface area contributed by atoms with Gasteiger partial charge in [-0.25, -0.2) is 4.79 Å². The van der Waals surface area contributed by atoms with Crippen molar-refractivity contribution in [3.63, 3.8) is 0 Å². The van der Waals surface area contributed by atoms with E-state index < -0.39 is 41.5 Å². The summed E-state index contributed by atoms with van der Waals surface area (Å²) in [6.07, 6.45) is 4.01. The van der Waals surface area contributed by atoms with Crippen molar-refractivity contribution in [1.82, 2.24) is 4.90 Å². The van der Waals surface area contributed by atoms with Crippen LogP contribution in [0.15, 0.2) is 0 Å². The van der Waals surface area contributed by atoms with Crippen molar-refractivity contribution >= 4 is 17.9 Å². The molecule has 150 valence electrons. The summed E-state index contributed by atoms with van der Waals surface area (Å²) in [5.41, 5.74) is 16.0. The predicted molar refractivity (Wildman–Crippen MR) is 98.9 cm³/mol. The van der Waals surface area contributed by atoms with Crippen molar-refractivity contribution in [2.75, 3.05) is 6.54 Å². The molecule has 2 unspecified atom stereocenters. The highest BCUT2D eigenvalue weighted by molar-refractivity contribution is 5.85. The molecule has 1 aliphatic rings. The summed E-state index contributed by atoms with van der Waals surface area (Å²) < 4.78 is 5.52. The highest BCUT2D eigenvalue weighted by Gasteiger charge is 2.42. The number of amides is 3. The van der Waals surface area contributed by atoms with Crippen molar-refractivity contribution in [2.24, 2.45) is 23.1 Å². The molecule has 3 atom stereocenters. The first kappa shape index (κ1) is 22.2. The number of carbonyl (C=O) groups excluding carboxylic acids is 3. The first-order valence-electron chi connectivity index (χ1n) is 9.38. The fourth-order valence-electron chi connectivity index (χ4n) is 3.48. The quantitative estimate of drug-likeness (QED) is 0.551. The van der Waals surface area contributed by atoms with Gasteiger partial charge in [-0.15, -0.1) is 0 Å². The van der Waals surface area contributed by atoms with E-state index in [0.29, 0.717) is 32.2 Å². The molecule has 6 N–H and O–H groups in total. The van der Waals surface area contributed by atoms with Crippen molar-refractivity contribution < 1.29 is 19.1 Å². The molecule has 0 aromatic carbocycles. The third-order valence-electron chi connectivity index (χ3n) is 4.65. The molecule has 8 heteroatoms. The molecular weight excluding hydrogens is 336 g/mol. The highest BCUT2D eigenvalue weighted by atomic mass is 16.6. The Morgan fingerprint density at radius 1 is 1.12 bits per heavy atom. The van der Waals surface area contributed by atoms with E-state index in [2.05, 4.69) is 0 Å². The summed E-state index contributed by atoms with van der Waals surface area (Å²) in [7, 11) is 0. The lowest BCUT2D eigenvalue weighted by Gasteiger charge is -2.42. The second-order valence-corrected chi connectivity index (χ2v) is 7.95. The number of primary amides is 2. The van der Waals surface area contributed by atoms with Gasteiger partial charge in [0.25, 0.3) is 0 Å². The van der Waals surface area contributed by atoms with Crippen LogP contribution in [0.4, 0.5) is 4.79 Å². The van der Waals surface area contributed by atoms with Crippen molar-refractivity contribution in [2.45, 2.75) is 83.4 Å². The third-order valence-corrected chi connectivity index (χ3v) is 4.65. The Bertz CT molecular complexity index is 504. The average molecular weight is 370 g/mol. The Balaban J connectivity index is 3.18. The van der Waals surface area contributed by atoms with Gasteiger partial charge in [-0.2, -0.15) is 0 Å². The molecule has 1 aliphatic carbocycles. The van der Waals surface area contributed by atoms with E-state index in [-0.39, 0.29) is 0 Å². The third kappa shape index (κ3) is 6.48. The smallest absolute Gasteiger partial charge is 0.411 e. The molecule has 0 spiro atoms. The molecule has 0 aromatic heterocycles. The van der Waals surface area contributed by atoms with Gasteiger partial charge >= 0.3 is 6.09 Å². The van der Waals surface area contributed by atoms with Crippen LogP contribution in [0.5, 0.6) is 0 Å². The Morgan fingerprint density at radius 3 is 2.23 bits per heavy atom. The SMILES string of the molecule is CC(C)(C)OC(=O)N(C1CCCCC1C(N)=O)[C@@H](CCCCN)C(N)=O. The van der Waals surface area contributed by atoms with Crippen LogP contribution in [0.2, 0.25) is 0 Å². The van der Waals surface area contributed by atoms with Crippen molar-refractivity contribution in [3.05, 3.63) is 0 Å². The van der Waals surface area contributed by atoms with Crippen LogP contribution in [0.1, 0.15) is 65.7 Å². The summed E-state index contributed by atoms with van der Waals surface area (Å²) in [5.74, 6) is -1.58. The normalized spacial score (nSPS) is 21.7. The largest absolute Gasteiger partial charge is 0.444 e. The van der Waals surface area contributed by atoms with Crippen LogP contribution in [-0.2, 0) is 14.3 Å². The van der Waals surface area contributed by atoms with E-state index in [9.17, 15) is 14.4 Å². The van der Waals surface area contributed by atoms with E-state index in [1.807, 2.05) is 0 Å². The molecule has 1 fully saturated rings. The summed E-state index contributed by atoms with van der Waals surface area (Å²) in [5, 5.41) is 0. The summed E-state index contributed by atoms with van der Waals surface area (Å²) in [6.45, 7) is 5.75. The van der Waals surface area contributed by atoms with Gasteiger partial charge in [-0.3, -0.25) is 14.5 Å². The summed E-state index contributed by atoms with van der Waals surface area (Å²) in [6, 6.07) is -1.33. The van der Waals surface area contributed by atoms with Gasteiger partial charge in [0.05, 0.1) is 5.92 Å². The molecule has 26 heavy (non-hydrogen) atoms. The fourth-order valence-corrected chi connectivity index (χ4v) is 3.48. The van der Waals surface area contributed by atoms with Crippen molar-refractivity contribution in [3.8, 4) is 0 Å². The Morgan fingerprint density at radius 2 is 1.73 bits per heavy atom. The predicted octanol–water partition coefficient (Wildman–Crippen LogP) is 1.25. The fraction of sp³-hybridized carbons (Fsp3) is 0.833. The van der Waals surface area contributed by atoms with Crippen LogP contribution < -0.4 is 17.2 Å². The van der Waals surface area contributed by atoms with Gasteiger partial charge in [-0.05, 0) is 59.4 Å². The zero-order chi connectivity index (χ0) is 19.9. The number of unbranched alkanes of at least 4 members (excludes halogenated alkanes) is 1. The minimum atomic E-state index is -0.846. The average Bonchev–Trinajstić information content (AvgIpc) is 2.52. The number of hydrogen-bond acceptors (Lipinski definition) is 5. The van der Waals surface area contributed by atoms with Crippen LogP contribution in [0.25, 0.3) is 0 Å². The van der Waals surface area contributed by atoms with Gasteiger partial charge < -0.3 is 21.9 Å². The Kier molecular flexibility index (Phi) is 8.33. The lowest BCUT2D eigenvalue weighted by Crippen LogP contribution is -2.58. The second kappa shape index (κ2) is 9.75. The minimum Gasteiger partial charge on any atom is -0.444 e. The molecule has 0 radical (unpaired) electrons. The molecule has 8 nitrogen and oxygen atoms in total. The lowest BCUT2D eigenvalue weighted by atomic mass is 9.82. The number of nitrogens with two attached hydrogens (primary N) is 3. The molecule has 0 aliphatic heterocycles. The maximum absolute atomic E-state index is 12.9. The van der Waals surface area contributed by atoms with Crippen LogP contribution >= 0.6 is 0 Å². The van der Waals surface area contributed by atoms with E-state index in [4.69, 9.17) is 21.9 Å². The van der Waals surface area contributed by atoms with E-state index in [0.717, 1.165) is 19.3 Å². The first-order valence-corrected chi connectivity index (χ1v) is 9.38. The molecule has 1 rings (SSSR count). The first-order chi connectivity index (χ1) is 12.1. The number of hydrogen-bond donors (Lipinski definition) is 3. The molecule has 0 bridgehead atoms. The Hall–Kier alpha value is -1.83. The van der Waals surface area contributed by atoms with Crippen LogP contribution in [0, 0.1) is 5.92 Å². The Labute approximate surface area is 155 Å². The van der Waals surface area contributed by atoms with Gasteiger partial charge in [-0.1, -0.05) is 12.8 Å². The topological polar surface area (TPSA) is 142 Å². The van der Waals surface area contributed by atoms with E-state index >= 15 is 0 Å². The molecule has 0 aromatic rings. The number of nitrogens with zero attached hydrogens (tertiary/aromatic N) is 1. The lowest BCUT2D eigenvalue weighted by molar-refractivity contribution is -0.130. The minimum absolute atomic E-state index is 0.383. The van der Waals surface area contributed by atoms with Crippen molar-refractivity contribution in [1.29, 1.82) is 0 Å². The maximum Gasteiger partial charge on any atom is 0.411 e. The molecule has 0 saturated heterocycles. The standard InChI is InChI=1S/C18H34N4O4/c1-18(2,3)26-17(25)22(14(16(21)24)10-6-7-11-19)13-9-5-4-8-12(13)15(20)23/h12-14H,4-11,19H2,1-3H3,(H2,20,23)(H2,21,24)/t12?,13?,14-/m0/s1. The van der Waals surface area contributed by atoms with E-state index in [1.165, 1.54) is 4.90 Å². The summed E-state index contributed by atoms with van der Waals surface area (Å²) >= 11 is 0. The maximum atomic E-state index is 12.9.